The molecule has 0 bridgehead atoms. The Labute approximate surface area is 123 Å². The van der Waals surface area contributed by atoms with Gasteiger partial charge in [0.05, 0.1) is 6.54 Å². The molecule has 2 heterocycles. The summed E-state index contributed by atoms with van der Waals surface area (Å²) in [5.41, 5.74) is 1.34. The normalized spacial score (nSPS) is 25.2. The quantitative estimate of drug-likeness (QED) is 0.895. The molecular formula is C16H29N3O. The largest absolute Gasteiger partial charge is 0.465 e. The van der Waals surface area contributed by atoms with Crippen molar-refractivity contribution >= 4 is 0 Å². The molecule has 4 nitrogen and oxygen atoms in total. The summed E-state index contributed by atoms with van der Waals surface area (Å²) in [6, 6.07) is 3.45. The highest BCUT2D eigenvalue weighted by Crippen LogP contribution is 2.20. The van der Waals surface area contributed by atoms with Crippen molar-refractivity contribution in [3.63, 3.8) is 0 Å². The lowest BCUT2D eigenvalue weighted by atomic mass is 10.1. The lowest BCUT2D eigenvalue weighted by Crippen LogP contribution is -2.54. The molecule has 1 aliphatic rings. The van der Waals surface area contributed by atoms with Crippen molar-refractivity contribution in [3.05, 3.63) is 23.2 Å². The van der Waals surface area contributed by atoms with Gasteiger partial charge in [0, 0.05) is 37.3 Å². The zero-order valence-corrected chi connectivity index (χ0v) is 13.6. The average molecular weight is 279 g/mol. The molecule has 2 rings (SSSR count). The summed E-state index contributed by atoms with van der Waals surface area (Å²) in [6.07, 6.45) is 0. The predicted octanol–water partition coefficient (Wildman–Crippen LogP) is 2.22. The topological polar surface area (TPSA) is 31.6 Å². The second kappa shape index (κ2) is 6.74. The van der Waals surface area contributed by atoms with Gasteiger partial charge in [0.25, 0.3) is 0 Å². The second-order valence-electron chi connectivity index (χ2n) is 6.13. The molecule has 20 heavy (non-hydrogen) atoms. The third-order valence-corrected chi connectivity index (χ3v) is 4.45. The molecule has 2 unspecified atom stereocenters. The number of nitrogens with one attached hydrogen (secondary N) is 1. The van der Waals surface area contributed by atoms with E-state index in [9.17, 15) is 0 Å². The summed E-state index contributed by atoms with van der Waals surface area (Å²) in [6.45, 7) is 13.9. The van der Waals surface area contributed by atoms with E-state index in [4.69, 9.17) is 4.42 Å². The molecule has 0 radical (unpaired) electrons. The van der Waals surface area contributed by atoms with Crippen molar-refractivity contribution in [3.8, 4) is 0 Å². The van der Waals surface area contributed by atoms with Crippen LogP contribution in [0.1, 0.15) is 37.9 Å². The molecule has 1 aromatic heterocycles. The summed E-state index contributed by atoms with van der Waals surface area (Å²) < 4.78 is 5.83. The summed E-state index contributed by atoms with van der Waals surface area (Å²) in [5.74, 6) is 2.12. The number of piperazine rings is 1. The Balaban J connectivity index is 1.97. The standard InChI is InChI=1S/C16H29N3O/c1-6-17-8-16-7-15(14(4)20-16)11-19-9-12(2)18(5)13(3)10-19/h7,12-13,17H,6,8-11H2,1-5H3. The van der Waals surface area contributed by atoms with Crippen LogP contribution in [0.3, 0.4) is 0 Å². The lowest BCUT2D eigenvalue weighted by molar-refractivity contribution is 0.0554. The minimum atomic E-state index is 0.618. The zero-order valence-electron chi connectivity index (χ0n) is 13.6. The smallest absolute Gasteiger partial charge is 0.118 e. The van der Waals surface area contributed by atoms with Gasteiger partial charge in [0.1, 0.15) is 11.5 Å². The fourth-order valence-corrected chi connectivity index (χ4v) is 2.96. The first-order valence-corrected chi connectivity index (χ1v) is 7.74. The second-order valence-corrected chi connectivity index (χ2v) is 6.13. The Morgan fingerprint density at radius 1 is 1.30 bits per heavy atom. The lowest BCUT2D eigenvalue weighted by Gasteiger charge is -2.42. The van der Waals surface area contributed by atoms with Crippen LogP contribution in [0.15, 0.2) is 10.5 Å². The number of aryl methyl sites for hydroxylation is 1. The van der Waals surface area contributed by atoms with E-state index >= 15 is 0 Å². The first-order valence-electron chi connectivity index (χ1n) is 7.74. The van der Waals surface area contributed by atoms with Crippen molar-refractivity contribution in [1.29, 1.82) is 0 Å². The predicted molar refractivity (Wildman–Crippen MR) is 82.8 cm³/mol. The van der Waals surface area contributed by atoms with Gasteiger partial charge in [-0.25, -0.2) is 0 Å². The molecule has 0 amide bonds. The Bertz CT molecular complexity index is 417. The molecule has 0 aliphatic carbocycles. The number of hydrogen-bond donors (Lipinski definition) is 1. The van der Waals surface area contributed by atoms with E-state index in [0.717, 1.165) is 44.2 Å². The molecule has 0 saturated carbocycles. The third-order valence-electron chi connectivity index (χ3n) is 4.45. The van der Waals surface area contributed by atoms with E-state index in [0.29, 0.717) is 12.1 Å². The summed E-state index contributed by atoms with van der Waals surface area (Å²) >= 11 is 0. The SMILES string of the molecule is CCNCc1cc(CN2CC(C)N(C)C(C)C2)c(C)o1. The molecule has 0 aromatic carbocycles. The molecule has 1 fully saturated rings. The number of hydrogen-bond acceptors (Lipinski definition) is 4. The monoisotopic (exact) mass is 279 g/mol. The number of rotatable bonds is 5. The van der Waals surface area contributed by atoms with Crippen LogP contribution >= 0.6 is 0 Å². The van der Waals surface area contributed by atoms with Crippen LogP contribution in [0.25, 0.3) is 0 Å². The maximum absolute atomic E-state index is 5.83. The Morgan fingerprint density at radius 3 is 2.55 bits per heavy atom. The molecule has 2 atom stereocenters. The van der Waals surface area contributed by atoms with Gasteiger partial charge in [-0.1, -0.05) is 6.92 Å². The Morgan fingerprint density at radius 2 is 1.95 bits per heavy atom. The number of furan rings is 1. The average Bonchev–Trinajstić information content (AvgIpc) is 2.74. The van der Waals surface area contributed by atoms with Crippen LogP contribution < -0.4 is 5.32 Å². The van der Waals surface area contributed by atoms with Crippen LogP contribution in [0, 0.1) is 6.92 Å². The molecular weight excluding hydrogens is 250 g/mol. The van der Waals surface area contributed by atoms with Crippen LogP contribution in [-0.4, -0.2) is 48.6 Å². The number of nitrogens with zero attached hydrogens (tertiary/aromatic N) is 2. The first-order chi connectivity index (χ1) is 9.51. The van der Waals surface area contributed by atoms with E-state index in [1.807, 2.05) is 0 Å². The summed E-state index contributed by atoms with van der Waals surface area (Å²) in [7, 11) is 2.23. The highest BCUT2D eigenvalue weighted by molar-refractivity contribution is 5.21. The fourth-order valence-electron chi connectivity index (χ4n) is 2.96. The zero-order chi connectivity index (χ0) is 14.7. The van der Waals surface area contributed by atoms with Crippen LogP contribution in [0.2, 0.25) is 0 Å². The molecule has 1 N–H and O–H groups in total. The Hall–Kier alpha value is -0.840. The van der Waals surface area contributed by atoms with E-state index in [2.05, 4.69) is 55.9 Å². The van der Waals surface area contributed by atoms with Gasteiger partial charge in [-0.2, -0.15) is 0 Å². The minimum Gasteiger partial charge on any atom is -0.465 e. The molecule has 1 saturated heterocycles. The van der Waals surface area contributed by atoms with Gasteiger partial charge in [-0.3, -0.25) is 9.80 Å². The maximum Gasteiger partial charge on any atom is 0.118 e. The minimum absolute atomic E-state index is 0.618. The van der Waals surface area contributed by atoms with Gasteiger partial charge in [0.15, 0.2) is 0 Å². The highest BCUT2D eigenvalue weighted by atomic mass is 16.3. The maximum atomic E-state index is 5.83. The van der Waals surface area contributed by atoms with Crippen LogP contribution in [-0.2, 0) is 13.1 Å². The van der Waals surface area contributed by atoms with Crippen molar-refractivity contribution in [2.24, 2.45) is 0 Å². The highest BCUT2D eigenvalue weighted by Gasteiger charge is 2.26. The van der Waals surface area contributed by atoms with Crippen LogP contribution in [0.5, 0.6) is 0 Å². The summed E-state index contributed by atoms with van der Waals surface area (Å²) in [4.78, 5) is 5.01. The molecule has 1 aliphatic heterocycles. The van der Waals surface area contributed by atoms with Gasteiger partial charge in [-0.05, 0) is 40.4 Å². The first kappa shape index (κ1) is 15.5. The van der Waals surface area contributed by atoms with Crippen molar-refractivity contribution in [1.82, 2.24) is 15.1 Å². The van der Waals surface area contributed by atoms with Crippen molar-refractivity contribution in [2.75, 3.05) is 26.7 Å². The van der Waals surface area contributed by atoms with Gasteiger partial charge in [0.2, 0.25) is 0 Å². The van der Waals surface area contributed by atoms with Gasteiger partial charge < -0.3 is 9.73 Å². The van der Waals surface area contributed by atoms with Gasteiger partial charge >= 0.3 is 0 Å². The molecule has 4 heteroatoms. The molecule has 0 spiro atoms. The Kier molecular flexibility index (Phi) is 5.24. The van der Waals surface area contributed by atoms with Crippen molar-refractivity contribution in [2.45, 2.75) is 52.9 Å². The molecule has 1 aromatic rings. The van der Waals surface area contributed by atoms with E-state index in [1.54, 1.807) is 0 Å². The number of likely N-dealkylation sites (N-methyl/N-ethyl adjacent to an activating group) is 1. The van der Waals surface area contributed by atoms with E-state index in [-0.39, 0.29) is 0 Å². The van der Waals surface area contributed by atoms with E-state index in [1.165, 1.54) is 5.56 Å². The fraction of sp³-hybridized carbons (Fsp3) is 0.750. The van der Waals surface area contributed by atoms with Crippen LogP contribution in [0.4, 0.5) is 0 Å². The van der Waals surface area contributed by atoms with Crippen molar-refractivity contribution < 1.29 is 4.42 Å². The third kappa shape index (κ3) is 3.62. The molecule has 114 valence electrons. The summed E-state index contributed by atoms with van der Waals surface area (Å²) in [5, 5.41) is 3.31. The van der Waals surface area contributed by atoms with E-state index < -0.39 is 0 Å². The van der Waals surface area contributed by atoms with Gasteiger partial charge in [-0.15, -0.1) is 0 Å².